The number of rotatable bonds is 3. The van der Waals surface area contributed by atoms with Gasteiger partial charge in [-0.25, -0.2) is 0 Å². The zero-order valence-corrected chi connectivity index (χ0v) is 9.58. The van der Waals surface area contributed by atoms with Gasteiger partial charge in [0.05, 0.1) is 0 Å². The molecule has 0 aromatic carbocycles. The average Bonchev–Trinajstić information content (AvgIpc) is 2.35. The molecule has 0 saturated carbocycles. The maximum absolute atomic E-state index is 5.65. The first-order valence-electron chi connectivity index (χ1n) is 3.84. The molecular weight excluding hydrogens is 239 g/mol. The van der Waals surface area contributed by atoms with Gasteiger partial charge < -0.3 is 4.42 Å². The molecule has 0 bridgehead atoms. The van der Waals surface area contributed by atoms with Crippen LogP contribution in [0.5, 0.6) is 0 Å². The van der Waals surface area contributed by atoms with Crippen molar-refractivity contribution < 1.29 is 4.42 Å². The molecule has 1 aromatic rings. The van der Waals surface area contributed by atoms with Crippen LogP contribution in [0.2, 0.25) is 5.22 Å². The molecule has 0 amide bonds. The monoisotopic (exact) mass is 250 g/mol. The van der Waals surface area contributed by atoms with Crippen LogP contribution in [0.4, 0.5) is 0 Å². The third kappa shape index (κ3) is 2.83. The van der Waals surface area contributed by atoms with Gasteiger partial charge in [0, 0.05) is 11.8 Å². The van der Waals surface area contributed by atoms with Gasteiger partial charge in [0.15, 0.2) is 5.22 Å². The Kier molecular flexibility index (Phi) is 3.24. The van der Waals surface area contributed by atoms with Gasteiger partial charge in [-0.05, 0) is 29.1 Å². The quantitative estimate of drug-likeness (QED) is 0.743. The molecule has 0 aliphatic rings. The SMILES string of the molecule is CC(C)(CBr)Cc1ccc(Cl)o1. The van der Waals surface area contributed by atoms with E-state index in [4.69, 9.17) is 16.0 Å². The summed E-state index contributed by atoms with van der Waals surface area (Å²) in [6.07, 6.45) is 0.908. The second-order valence-corrected chi connectivity index (χ2v) is 4.61. The Morgan fingerprint density at radius 1 is 1.50 bits per heavy atom. The highest BCUT2D eigenvalue weighted by atomic mass is 79.9. The van der Waals surface area contributed by atoms with Crippen molar-refractivity contribution >= 4 is 27.5 Å². The molecule has 0 N–H and O–H groups in total. The highest BCUT2D eigenvalue weighted by molar-refractivity contribution is 9.09. The van der Waals surface area contributed by atoms with E-state index in [-0.39, 0.29) is 5.41 Å². The van der Waals surface area contributed by atoms with E-state index >= 15 is 0 Å². The summed E-state index contributed by atoms with van der Waals surface area (Å²) in [6.45, 7) is 4.36. The lowest BCUT2D eigenvalue weighted by Crippen LogP contribution is -2.15. The normalized spacial score (nSPS) is 12.0. The summed E-state index contributed by atoms with van der Waals surface area (Å²) in [6, 6.07) is 3.70. The summed E-state index contributed by atoms with van der Waals surface area (Å²) in [5.74, 6) is 0.949. The molecule has 0 spiro atoms. The Bertz CT molecular complexity index is 255. The molecule has 0 saturated heterocycles. The van der Waals surface area contributed by atoms with Gasteiger partial charge in [0.25, 0.3) is 0 Å². The van der Waals surface area contributed by atoms with Gasteiger partial charge in [0.1, 0.15) is 5.76 Å². The molecule has 3 heteroatoms. The molecule has 0 atom stereocenters. The minimum absolute atomic E-state index is 0.223. The van der Waals surface area contributed by atoms with Crippen LogP contribution >= 0.6 is 27.5 Å². The third-order valence-corrected chi connectivity index (χ3v) is 3.36. The van der Waals surface area contributed by atoms with Gasteiger partial charge in [-0.2, -0.15) is 0 Å². The van der Waals surface area contributed by atoms with Crippen LogP contribution in [0.3, 0.4) is 0 Å². The second kappa shape index (κ2) is 3.84. The topological polar surface area (TPSA) is 13.1 Å². The van der Waals surface area contributed by atoms with Crippen LogP contribution < -0.4 is 0 Å². The minimum Gasteiger partial charge on any atom is -0.450 e. The first-order chi connectivity index (χ1) is 5.53. The summed E-state index contributed by atoms with van der Waals surface area (Å²) in [7, 11) is 0. The Balaban J connectivity index is 2.63. The fourth-order valence-corrected chi connectivity index (χ4v) is 1.33. The van der Waals surface area contributed by atoms with Gasteiger partial charge in [-0.1, -0.05) is 29.8 Å². The molecule has 0 aliphatic carbocycles. The van der Waals surface area contributed by atoms with Gasteiger partial charge >= 0.3 is 0 Å². The fourth-order valence-electron chi connectivity index (χ4n) is 0.966. The Labute approximate surface area is 86.2 Å². The standard InChI is InChI=1S/C9H12BrClO/c1-9(2,6-10)5-7-3-4-8(11)12-7/h3-4H,5-6H2,1-2H3. The largest absolute Gasteiger partial charge is 0.450 e. The minimum atomic E-state index is 0.223. The maximum Gasteiger partial charge on any atom is 0.193 e. The number of furan rings is 1. The molecule has 1 nitrogen and oxygen atoms in total. The lowest BCUT2D eigenvalue weighted by molar-refractivity contribution is 0.373. The first kappa shape index (κ1) is 10.1. The average molecular weight is 252 g/mol. The lowest BCUT2D eigenvalue weighted by atomic mass is 9.91. The van der Waals surface area contributed by atoms with Crippen molar-refractivity contribution in [1.82, 2.24) is 0 Å². The van der Waals surface area contributed by atoms with E-state index in [1.165, 1.54) is 0 Å². The van der Waals surface area contributed by atoms with Crippen molar-refractivity contribution in [3.63, 3.8) is 0 Å². The maximum atomic E-state index is 5.65. The van der Waals surface area contributed by atoms with Crippen molar-refractivity contribution in [3.8, 4) is 0 Å². The first-order valence-corrected chi connectivity index (χ1v) is 5.34. The van der Waals surface area contributed by atoms with Gasteiger partial charge in [-0.3, -0.25) is 0 Å². The van der Waals surface area contributed by atoms with E-state index in [1.807, 2.05) is 6.07 Å². The molecule has 1 aromatic heterocycles. The Morgan fingerprint density at radius 2 is 2.17 bits per heavy atom. The summed E-state index contributed by atoms with van der Waals surface area (Å²) >= 11 is 9.11. The molecule has 1 heterocycles. The van der Waals surface area contributed by atoms with Crippen molar-refractivity contribution in [3.05, 3.63) is 23.1 Å². The molecule has 12 heavy (non-hydrogen) atoms. The summed E-state index contributed by atoms with van der Waals surface area (Å²) < 4.78 is 5.27. The van der Waals surface area contributed by atoms with Crippen LogP contribution in [0, 0.1) is 5.41 Å². The summed E-state index contributed by atoms with van der Waals surface area (Å²) in [5, 5.41) is 1.42. The van der Waals surface area contributed by atoms with Crippen LogP contribution in [-0.4, -0.2) is 5.33 Å². The Morgan fingerprint density at radius 3 is 2.58 bits per heavy atom. The van der Waals surface area contributed by atoms with Crippen molar-refractivity contribution in [2.24, 2.45) is 5.41 Å². The van der Waals surface area contributed by atoms with Crippen LogP contribution in [0.1, 0.15) is 19.6 Å². The molecule has 0 radical (unpaired) electrons. The van der Waals surface area contributed by atoms with Gasteiger partial charge in [0.2, 0.25) is 0 Å². The molecule has 0 fully saturated rings. The molecule has 0 aliphatic heterocycles. The predicted octanol–water partition coefficient (Wildman–Crippen LogP) is 3.90. The highest BCUT2D eigenvalue weighted by Gasteiger charge is 2.18. The smallest absolute Gasteiger partial charge is 0.193 e. The van der Waals surface area contributed by atoms with Crippen LogP contribution in [-0.2, 0) is 6.42 Å². The van der Waals surface area contributed by atoms with Crippen LogP contribution in [0.25, 0.3) is 0 Å². The predicted molar refractivity (Wildman–Crippen MR) is 55.0 cm³/mol. The van der Waals surface area contributed by atoms with E-state index in [0.29, 0.717) is 5.22 Å². The van der Waals surface area contributed by atoms with Crippen LogP contribution in [0.15, 0.2) is 16.5 Å². The van der Waals surface area contributed by atoms with Crippen molar-refractivity contribution in [2.45, 2.75) is 20.3 Å². The summed E-state index contributed by atoms with van der Waals surface area (Å²) in [5.41, 5.74) is 0.223. The van der Waals surface area contributed by atoms with Crippen molar-refractivity contribution in [1.29, 1.82) is 0 Å². The fraction of sp³-hybridized carbons (Fsp3) is 0.556. The Hall–Kier alpha value is 0.0500. The zero-order valence-electron chi connectivity index (χ0n) is 7.23. The highest BCUT2D eigenvalue weighted by Crippen LogP contribution is 2.26. The third-order valence-electron chi connectivity index (χ3n) is 1.64. The van der Waals surface area contributed by atoms with E-state index in [2.05, 4.69) is 29.8 Å². The van der Waals surface area contributed by atoms with E-state index < -0.39 is 0 Å². The summed E-state index contributed by atoms with van der Waals surface area (Å²) in [4.78, 5) is 0. The van der Waals surface area contributed by atoms with Gasteiger partial charge in [-0.15, -0.1) is 0 Å². The lowest BCUT2D eigenvalue weighted by Gasteiger charge is -2.19. The molecule has 68 valence electrons. The number of alkyl halides is 1. The zero-order chi connectivity index (χ0) is 9.19. The van der Waals surface area contributed by atoms with E-state index in [1.54, 1.807) is 6.07 Å². The number of hydrogen-bond acceptors (Lipinski definition) is 1. The number of hydrogen-bond donors (Lipinski definition) is 0. The second-order valence-electron chi connectivity index (χ2n) is 3.68. The molecule has 0 unspecified atom stereocenters. The number of halogens is 2. The van der Waals surface area contributed by atoms with Crippen molar-refractivity contribution in [2.75, 3.05) is 5.33 Å². The molecule has 1 rings (SSSR count). The van der Waals surface area contributed by atoms with E-state index in [9.17, 15) is 0 Å². The molecular formula is C9H12BrClO. The van der Waals surface area contributed by atoms with E-state index in [0.717, 1.165) is 17.5 Å².